The van der Waals surface area contributed by atoms with Crippen LogP contribution in [0.25, 0.3) is 11.1 Å². The third-order valence-electron chi connectivity index (χ3n) is 12.1. The second-order valence-corrected chi connectivity index (χ2v) is 15.8. The lowest BCUT2D eigenvalue weighted by Gasteiger charge is -2.45. The molecular formula is C45H48F3N5O6. The van der Waals surface area contributed by atoms with E-state index in [9.17, 15) is 32.7 Å². The van der Waals surface area contributed by atoms with Crippen LogP contribution >= 0.6 is 0 Å². The maximum atomic E-state index is 13.3. The Bertz CT molecular complexity index is 2110. The van der Waals surface area contributed by atoms with Crippen molar-refractivity contribution < 1.29 is 42.1 Å². The van der Waals surface area contributed by atoms with Crippen molar-refractivity contribution in [2.45, 2.75) is 81.5 Å². The Balaban J connectivity index is 0.933. The zero-order valence-corrected chi connectivity index (χ0v) is 32.6. The number of ether oxygens (including phenoxy) is 2. The molecule has 4 aromatic carbocycles. The van der Waals surface area contributed by atoms with Gasteiger partial charge in [-0.15, -0.1) is 0 Å². The lowest BCUT2D eigenvalue weighted by Crippen LogP contribution is -2.57. The van der Waals surface area contributed by atoms with Crippen LogP contribution in [0.4, 0.5) is 18.9 Å². The van der Waals surface area contributed by atoms with E-state index in [1.807, 2.05) is 91.0 Å². The van der Waals surface area contributed by atoms with Gasteiger partial charge < -0.3 is 39.9 Å². The summed E-state index contributed by atoms with van der Waals surface area (Å²) in [4.78, 5) is 43.2. The smallest absolute Gasteiger partial charge is 0.392 e. The topological polar surface area (TPSA) is 124 Å². The number of carbonyl (C=O) groups is 3. The van der Waals surface area contributed by atoms with E-state index in [0.717, 1.165) is 52.2 Å². The molecule has 3 N–H and O–H groups in total. The minimum atomic E-state index is -5.03. The summed E-state index contributed by atoms with van der Waals surface area (Å²) in [7, 11) is 0. The van der Waals surface area contributed by atoms with Crippen molar-refractivity contribution in [3.63, 3.8) is 0 Å². The molecule has 1 spiro atoms. The average Bonchev–Trinajstić information content (AvgIpc) is 3.88. The highest BCUT2D eigenvalue weighted by atomic mass is 19.4. The van der Waals surface area contributed by atoms with Crippen LogP contribution in [0.2, 0.25) is 0 Å². The number of carbonyl (C=O) groups excluding carboxylic acids is 3. The minimum Gasteiger partial charge on any atom is -0.392 e. The number of rotatable bonds is 10. The maximum Gasteiger partial charge on any atom is 0.471 e. The fourth-order valence-corrected chi connectivity index (χ4v) is 8.90. The van der Waals surface area contributed by atoms with Crippen molar-refractivity contribution in [1.82, 2.24) is 20.4 Å². The first-order chi connectivity index (χ1) is 28.5. The Kier molecular flexibility index (Phi) is 11.8. The molecule has 0 unspecified atom stereocenters. The van der Waals surface area contributed by atoms with Crippen LogP contribution in [0.1, 0.15) is 66.8 Å². The quantitative estimate of drug-likeness (QED) is 0.179. The van der Waals surface area contributed by atoms with E-state index in [2.05, 4.69) is 32.6 Å². The van der Waals surface area contributed by atoms with Gasteiger partial charge in [-0.25, -0.2) is 0 Å². The van der Waals surface area contributed by atoms with Crippen molar-refractivity contribution >= 4 is 23.4 Å². The largest absolute Gasteiger partial charge is 0.471 e. The van der Waals surface area contributed by atoms with Gasteiger partial charge in [0.2, 0.25) is 11.8 Å². The first kappa shape index (κ1) is 40.5. The number of benzene rings is 4. The molecule has 0 bridgehead atoms. The number of alkyl halides is 3. The lowest BCUT2D eigenvalue weighted by molar-refractivity contribution is -0.253. The summed E-state index contributed by atoms with van der Waals surface area (Å²) in [6.07, 6.45) is -3.57. The van der Waals surface area contributed by atoms with Crippen molar-refractivity contribution in [3.05, 3.63) is 125 Å². The van der Waals surface area contributed by atoms with Crippen LogP contribution in [0, 0.1) is 0 Å². The number of halogens is 3. The number of hydrogen-bond acceptors (Lipinski definition) is 8. The molecule has 4 aromatic rings. The average molecular weight is 812 g/mol. The predicted molar refractivity (Wildman–Crippen MR) is 213 cm³/mol. The molecule has 4 saturated heterocycles. The summed E-state index contributed by atoms with van der Waals surface area (Å²) in [5, 5.41) is 15.4. The molecule has 11 nitrogen and oxygen atoms in total. The molecule has 0 radical (unpaired) electrons. The first-order valence-electron chi connectivity index (χ1n) is 20.2. The third-order valence-corrected chi connectivity index (χ3v) is 12.1. The number of piperidine rings is 1. The molecule has 0 aliphatic carbocycles. The fraction of sp³-hybridized carbons (Fsp3) is 0.400. The minimum absolute atomic E-state index is 0.0486. The molecule has 14 heteroatoms. The van der Waals surface area contributed by atoms with Crippen molar-refractivity contribution in [2.75, 3.05) is 37.7 Å². The van der Waals surface area contributed by atoms with Gasteiger partial charge in [0.25, 0.3) is 0 Å². The fourth-order valence-electron chi connectivity index (χ4n) is 8.90. The standard InChI is InChI=1S/C45H48F3N5O6/c46-45(47,48)43(57)52-21-5-10-38(52)40(55)49-26-31-6-4-7-35(24-31)32-15-17-34(18-16-32)41-58-37(25-39(59-41)33-13-11-30(28-54)12-14-33)27-51-22-19-44(20-23-51)42(56)50-29-53(44)36-8-2-1-3-9-36/h1-4,6-9,11-18,24,37-39,41,54H,5,10,19-23,25-29H2,(H,49,55)(H,50,56)/t37-,38+,39+,41+/m1/s1. The Hall–Kier alpha value is -5.28. The van der Waals surface area contributed by atoms with Gasteiger partial charge in [0, 0.05) is 50.4 Å². The SMILES string of the molecule is O=C(NCc1cccc(-c2ccc([C@H]3O[C@@H](CN4CCC5(CC4)C(=O)NCN5c4ccccc4)C[C@@H](c4ccc(CO)cc4)O3)cc2)c1)[C@@H]1CCCN1C(=O)C(F)(F)F. The number of hydrogen-bond donors (Lipinski definition) is 3. The monoisotopic (exact) mass is 811 g/mol. The van der Waals surface area contributed by atoms with E-state index in [0.29, 0.717) is 43.8 Å². The molecule has 3 amide bonds. The van der Waals surface area contributed by atoms with E-state index >= 15 is 0 Å². The molecule has 0 aromatic heterocycles. The van der Waals surface area contributed by atoms with Crippen molar-refractivity contribution in [2.24, 2.45) is 0 Å². The van der Waals surface area contributed by atoms with Crippen LogP contribution in [0.5, 0.6) is 0 Å². The summed E-state index contributed by atoms with van der Waals surface area (Å²) in [5.41, 5.74) is 5.65. The van der Waals surface area contributed by atoms with Gasteiger partial charge in [0.05, 0.1) is 25.5 Å². The molecule has 4 heterocycles. The highest BCUT2D eigenvalue weighted by Gasteiger charge is 2.51. The first-order valence-corrected chi connectivity index (χ1v) is 20.2. The highest BCUT2D eigenvalue weighted by Crippen LogP contribution is 2.41. The van der Waals surface area contributed by atoms with Gasteiger partial charge >= 0.3 is 12.1 Å². The number of likely N-dealkylation sites (tertiary alicyclic amines) is 2. The van der Waals surface area contributed by atoms with E-state index < -0.39 is 35.9 Å². The zero-order chi connectivity index (χ0) is 41.1. The molecule has 4 fully saturated rings. The van der Waals surface area contributed by atoms with Crippen LogP contribution in [-0.4, -0.2) is 89.3 Å². The van der Waals surface area contributed by atoms with Crippen LogP contribution < -0.4 is 15.5 Å². The summed E-state index contributed by atoms with van der Waals surface area (Å²) in [5.74, 6) is -2.52. The Morgan fingerprint density at radius 2 is 1.58 bits per heavy atom. The summed E-state index contributed by atoms with van der Waals surface area (Å²) in [6.45, 7) is 2.59. The third kappa shape index (κ3) is 8.72. The van der Waals surface area contributed by atoms with Gasteiger partial charge in [0.1, 0.15) is 11.6 Å². The molecule has 59 heavy (non-hydrogen) atoms. The van der Waals surface area contributed by atoms with Gasteiger partial charge in [-0.05, 0) is 71.7 Å². The number of aliphatic hydroxyl groups is 1. The highest BCUT2D eigenvalue weighted by molar-refractivity contribution is 5.93. The van der Waals surface area contributed by atoms with Crippen LogP contribution in [-0.2, 0) is 37.0 Å². The van der Waals surface area contributed by atoms with Gasteiger partial charge in [0.15, 0.2) is 6.29 Å². The van der Waals surface area contributed by atoms with Gasteiger partial charge in [-0.2, -0.15) is 13.2 Å². The number of nitrogens with one attached hydrogen (secondary N) is 2. The number of amides is 3. The predicted octanol–water partition coefficient (Wildman–Crippen LogP) is 5.99. The molecule has 4 atom stereocenters. The molecular weight excluding hydrogens is 764 g/mol. The van der Waals surface area contributed by atoms with E-state index in [-0.39, 0.29) is 44.2 Å². The maximum absolute atomic E-state index is 13.3. The van der Waals surface area contributed by atoms with E-state index in [1.165, 1.54) is 0 Å². The van der Waals surface area contributed by atoms with Crippen molar-refractivity contribution in [3.8, 4) is 11.1 Å². The number of anilines is 1. The molecule has 8 rings (SSSR count). The Morgan fingerprint density at radius 1 is 0.847 bits per heavy atom. The van der Waals surface area contributed by atoms with Gasteiger partial charge in [-0.3, -0.25) is 14.4 Å². The number of aliphatic hydroxyl groups excluding tert-OH is 1. The summed E-state index contributed by atoms with van der Waals surface area (Å²) < 4.78 is 52.6. The summed E-state index contributed by atoms with van der Waals surface area (Å²) in [6, 6.07) is 32.1. The van der Waals surface area contributed by atoms with E-state index in [4.69, 9.17) is 9.47 Å². The van der Waals surface area contributed by atoms with Crippen LogP contribution in [0.15, 0.2) is 103 Å². The molecule has 310 valence electrons. The Morgan fingerprint density at radius 3 is 2.29 bits per heavy atom. The lowest BCUT2D eigenvalue weighted by atomic mass is 9.85. The van der Waals surface area contributed by atoms with Crippen LogP contribution in [0.3, 0.4) is 0 Å². The number of nitrogens with zero attached hydrogens (tertiary/aromatic N) is 3. The van der Waals surface area contributed by atoms with Gasteiger partial charge in [-0.1, -0.05) is 84.9 Å². The van der Waals surface area contributed by atoms with Crippen molar-refractivity contribution in [1.29, 1.82) is 0 Å². The second kappa shape index (κ2) is 17.1. The second-order valence-electron chi connectivity index (χ2n) is 15.8. The molecule has 4 aliphatic heterocycles. The molecule has 0 saturated carbocycles. The number of para-hydroxylation sites is 1. The summed E-state index contributed by atoms with van der Waals surface area (Å²) >= 11 is 0. The zero-order valence-electron chi connectivity index (χ0n) is 32.6. The normalized spacial score (nSPS) is 23.4. The Labute approximate surface area is 341 Å². The van der Waals surface area contributed by atoms with E-state index in [1.54, 1.807) is 0 Å². The molecule has 4 aliphatic rings.